The third-order valence-corrected chi connectivity index (χ3v) is 3.97. The van der Waals surface area contributed by atoms with E-state index in [1.807, 2.05) is 0 Å². The van der Waals surface area contributed by atoms with Crippen molar-refractivity contribution in [1.82, 2.24) is 5.16 Å². The molecule has 0 aliphatic carbocycles. The van der Waals surface area contributed by atoms with Crippen LogP contribution in [0.4, 0.5) is 10.1 Å². The second-order valence-electron chi connectivity index (χ2n) is 5.40. The van der Waals surface area contributed by atoms with Gasteiger partial charge in [0.1, 0.15) is 12.4 Å². The normalized spacial score (nSPS) is 10.6. The lowest BCUT2D eigenvalue weighted by Crippen LogP contribution is -2.15. The summed E-state index contributed by atoms with van der Waals surface area (Å²) >= 11 is 11.8. The molecule has 3 rings (SSSR count). The first-order valence-corrected chi connectivity index (χ1v) is 8.29. The number of rotatable bonds is 5. The summed E-state index contributed by atoms with van der Waals surface area (Å²) in [6.07, 6.45) is 0. The predicted molar refractivity (Wildman–Crippen MR) is 96.4 cm³/mol. The second-order valence-corrected chi connectivity index (χ2v) is 6.27. The van der Waals surface area contributed by atoms with Crippen LogP contribution in [0.2, 0.25) is 10.0 Å². The first-order chi connectivity index (χ1) is 12.4. The number of para-hydroxylation sites is 1. The number of carbonyl (C=O) groups is 1. The number of amides is 1. The molecule has 0 saturated heterocycles. The molecule has 26 heavy (non-hydrogen) atoms. The van der Waals surface area contributed by atoms with Crippen molar-refractivity contribution < 1.29 is 18.4 Å². The second kappa shape index (κ2) is 7.76. The van der Waals surface area contributed by atoms with E-state index in [4.69, 9.17) is 32.5 Å². The molecular weight excluding hydrogens is 382 g/mol. The van der Waals surface area contributed by atoms with E-state index in [2.05, 4.69) is 10.5 Å². The third-order valence-electron chi connectivity index (χ3n) is 3.53. The van der Waals surface area contributed by atoms with Crippen molar-refractivity contribution in [2.24, 2.45) is 0 Å². The Morgan fingerprint density at radius 1 is 1.23 bits per heavy atom. The maximum absolute atomic E-state index is 13.7. The van der Waals surface area contributed by atoms with Crippen LogP contribution in [-0.2, 0) is 6.61 Å². The zero-order valence-corrected chi connectivity index (χ0v) is 15.1. The molecule has 3 aromatic rings. The Morgan fingerprint density at radius 2 is 1.92 bits per heavy atom. The van der Waals surface area contributed by atoms with Crippen LogP contribution in [0.3, 0.4) is 0 Å². The number of carbonyl (C=O) groups excluding carboxylic acids is 1. The van der Waals surface area contributed by atoms with Crippen molar-refractivity contribution in [3.8, 4) is 5.75 Å². The van der Waals surface area contributed by atoms with Gasteiger partial charge in [0, 0.05) is 15.7 Å². The molecule has 0 atom stereocenters. The zero-order chi connectivity index (χ0) is 18.7. The molecule has 0 radical (unpaired) electrons. The molecule has 1 aromatic heterocycles. The van der Waals surface area contributed by atoms with E-state index in [1.54, 1.807) is 37.3 Å². The van der Waals surface area contributed by atoms with Gasteiger partial charge in [-0.1, -0.05) is 40.5 Å². The largest absolute Gasteiger partial charge is 0.486 e. The van der Waals surface area contributed by atoms with E-state index in [1.165, 1.54) is 12.1 Å². The number of hydrogen-bond acceptors (Lipinski definition) is 4. The molecule has 2 aromatic carbocycles. The van der Waals surface area contributed by atoms with Gasteiger partial charge in [-0.25, -0.2) is 4.39 Å². The number of aromatic nitrogens is 1. The van der Waals surface area contributed by atoms with Crippen LogP contribution >= 0.6 is 23.2 Å². The highest BCUT2D eigenvalue weighted by molar-refractivity contribution is 6.35. The molecule has 0 aliphatic heterocycles. The van der Waals surface area contributed by atoms with Crippen molar-refractivity contribution in [2.45, 2.75) is 13.5 Å². The monoisotopic (exact) mass is 394 g/mol. The molecule has 5 nitrogen and oxygen atoms in total. The van der Waals surface area contributed by atoms with Crippen LogP contribution in [0.25, 0.3) is 0 Å². The van der Waals surface area contributed by atoms with Gasteiger partial charge in [-0.15, -0.1) is 0 Å². The van der Waals surface area contributed by atoms with Crippen molar-refractivity contribution in [2.75, 3.05) is 5.32 Å². The number of ether oxygens (including phenoxy) is 1. The standard InChI is InChI=1S/C18H13Cl2FN2O3/c1-10-14(9-25-16-5-3-2-4-15(16)21)17(23-26-10)18(24)22-13-7-11(19)6-12(20)8-13/h2-8H,9H2,1H3,(H,22,24). The number of nitrogens with one attached hydrogen (secondary N) is 1. The van der Waals surface area contributed by atoms with Gasteiger partial charge >= 0.3 is 0 Å². The Bertz CT molecular complexity index is 939. The molecule has 0 aliphatic rings. The summed E-state index contributed by atoms with van der Waals surface area (Å²) in [6.45, 7) is 1.56. The molecule has 0 bridgehead atoms. The van der Waals surface area contributed by atoms with E-state index < -0.39 is 11.7 Å². The van der Waals surface area contributed by atoms with Gasteiger partial charge in [0.2, 0.25) is 0 Å². The Morgan fingerprint density at radius 3 is 2.62 bits per heavy atom. The third kappa shape index (κ3) is 4.15. The van der Waals surface area contributed by atoms with Crippen LogP contribution in [0.15, 0.2) is 47.0 Å². The van der Waals surface area contributed by atoms with Crippen molar-refractivity contribution >= 4 is 34.8 Å². The summed E-state index contributed by atoms with van der Waals surface area (Å²) in [7, 11) is 0. The molecule has 1 amide bonds. The molecule has 1 N–H and O–H groups in total. The summed E-state index contributed by atoms with van der Waals surface area (Å²) in [6, 6.07) is 10.6. The summed E-state index contributed by atoms with van der Waals surface area (Å²) in [4.78, 5) is 12.5. The summed E-state index contributed by atoms with van der Waals surface area (Å²) in [5, 5.41) is 7.17. The fraction of sp³-hybridized carbons (Fsp3) is 0.111. The molecule has 8 heteroatoms. The highest BCUT2D eigenvalue weighted by Crippen LogP contribution is 2.24. The highest BCUT2D eigenvalue weighted by Gasteiger charge is 2.21. The first kappa shape index (κ1) is 18.2. The molecule has 1 heterocycles. The van der Waals surface area contributed by atoms with Gasteiger partial charge in [0.05, 0.1) is 5.56 Å². The fourth-order valence-electron chi connectivity index (χ4n) is 2.27. The number of halogens is 3. The van der Waals surface area contributed by atoms with Crippen LogP contribution in [0.1, 0.15) is 21.8 Å². The number of anilines is 1. The van der Waals surface area contributed by atoms with Gasteiger partial charge in [0.25, 0.3) is 5.91 Å². The van der Waals surface area contributed by atoms with Gasteiger partial charge in [-0.2, -0.15) is 0 Å². The Labute approximate surface area is 158 Å². The molecule has 134 valence electrons. The van der Waals surface area contributed by atoms with Crippen LogP contribution < -0.4 is 10.1 Å². The molecule has 0 unspecified atom stereocenters. The number of hydrogen-bond donors (Lipinski definition) is 1. The Kier molecular flexibility index (Phi) is 5.44. The lowest BCUT2D eigenvalue weighted by atomic mass is 10.2. The summed E-state index contributed by atoms with van der Waals surface area (Å²) in [5.74, 6) is -0.551. The fourth-order valence-corrected chi connectivity index (χ4v) is 2.79. The topological polar surface area (TPSA) is 64.4 Å². The van der Waals surface area contributed by atoms with Crippen LogP contribution in [0.5, 0.6) is 5.75 Å². The van der Waals surface area contributed by atoms with E-state index in [0.29, 0.717) is 27.1 Å². The zero-order valence-electron chi connectivity index (χ0n) is 13.6. The first-order valence-electron chi connectivity index (χ1n) is 7.54. The number of aryl methyl sites for hydroxylation is 1. The van der Waals surface area contributed by atoms with Crippen molar-refractivity contribution in [1.29, 1.82) is 0 Å². The molecule has 0 saturated carbocycles. The SMILES string of the molecule is Cc1onc(C(=O)Nc2cc(Cl)cc(Cl)c2)c1COc1ccccc1F. The summed E-state index contributed by atoms with van der Waals surface area (Å²) < 4.78 is 24.2. The average Bonchev–Trinajstić information content (AvgIpc) is 2.94. The quantitative estimate of drug-likeness (QED) is 0.640. The van der Waals surface area contributed by atoms with Gasteiger partial charge < -0.3 is 14.6 Å². The molecular formula is C18H13Cl2FN2O3. The maximum Gasteiger partial charge on any atom is 0.278 e. The van der Waals surface area contributed by atoms with E-state index in [0.717, 1.165) is 0 Å². The molecule has 0 spiro atoms. The lowest BCUT2D eigenvalue weighted by molar-refractivity contribution is 0.101. The summed E-state index contributed by atoms with van der Waals surface area (Å²) in [5.41, 5.74) is 0.864. The van der Waals surface area contributed by atoms with Crippen LogP contribution in [-0.4, -0.2) is 11.1 Å². The van der Waals surface area contributed by atoms with Gasteiger partial charge in [-0.3, -0.25) is 4.79 Å². The molecule has 0 fully saturated rings. The van der Waals surface area contributed by atoms with Crippen LogP contribution in [0, 0.1) is 12.7 Å². The minimum absolute atomic E-state index is 0.0370. The smallest absolute Gasteiger partial charge is 0.278 e. The number of nitrogens with zero attached hydrogens (tertiary/aromatic N) is 1. The van der Waals surface area contributed by atoms with E-state index in [-0.39, 0.29) is 18.1 Å². The minimum Gasteiger partial charge on any atom is -0.486 e. The maximum atomic E-state index is 13.7. The Balaban J connectivity index is 1.78. The van der Waals surface area contributed by atoms with E-state index >= 15 is 0 Å². The lowest BCUT2D eigenvalue weighted by Gasteiger charge is -2.08. The minimum atomic E-state index is -0.521. The number of benzene rings is 2. The highest BCUT2D eigenvalue weighted by atomic mass is 35.5. The van der Waals surface area contributed by atoms with Gasteiger partial charge in [0.15, 0.2) is 17.3 Å². The van der Waals surface area contributed by atoms with E-state index in [9.17, 15) is 9.18 Å². The predicted octanol–water partition coefficient (Wildman–Crippen LogP) is 5.26. The van der Waals surface area contributed by atoms with Crippen molar-refractivity contribution in [3.05, 3.63) is 75.3 Å². The average molecular weight is 395 g/mol. The van der Waals surface area contributed by atoms with Crippen molar-refractivity contribution in [3.63, 3.8) is 0 Å². The Hall–Kier alpha value is -2.57. The van der Waals surface area contributed by atoms with Gasteiger partial charge in [-0.05, 0) is 37.3 Å².